The Hall–Kier alpha value is -0.620. The van der Waals surface area contributed by atoms with Crippen LogP contribution in [0.2, 0.25) is 5.02 Å². The van der Waals surface area contributed by atoms with Crippen LogP contribution < -0.4 is 0 Å². The van der Waals surface area contributed by atoms with Crippen molar-refractivity contribution in [2.75, 3.05) is 0 Å². The SMILES string of the molecule is CCCC(Cn1cncn1)c1ccc(I)cc1Cl. The fourth-order valence-corrected chi connectivity index (χ4v) is 3.09. The molecule has 3 nitrogen and oxygen atoms in total. The lowest BCUT2D eigenvalue weighted by atomic mass is 9.94. The molecule has 0 amide bonds. The number of halogens is 2. The molecule has 0 saturated heterocycles. The maximum Gasteiger partial charge on any atom is 0.137 e. The van der Waals surface area contributed by atoms with Gasteiger partial charge in [-0.3, -0.25) is 4.68 Å². The first-order valence-electron chi connectivity index (χ1n) is 5.98. The Morgan fingerprint density at radius 1 is 1.44 bits per heavy atom. The Bertz CT molecular complexity index is 499. The minimum Gasteiger partial charge on any atom is -0.252 e. The molecule has 1 heterocycles. The molecule has 2 rings (SSSR count). The van der Waals surface area contributed by atoms with E-state index in [2.05, 4.69) is 51.7 Å². The highest BCUT2D eigenvalue weighted by Crippen LogP contribution is 2.30. The summed E-state index contributed by atoms with van der Waals surface area (Å²) < 4.78 is 3.03. The minimum atomic E-state index is 0.390. The Kier molecular flexibility index (Phi) is 5.00. The molecule has 1 aromatic carbocycles. The minimum absolute atomic E-state index is 0.390. The van der Waals surface area contributed by atoms with E-state index in [1.807, 2.05) is 10.7 Å². The van der Waals surface area contributed by atoms with Gasteiger partial charge in [-0.25, -0.2) is 4.98 Å². The number of aromatic nitrogens is 3. The zero-order valence-corrected chi connectivity index (χ0v) is 13.1. The van der Waals surface area contributed by atoms with Crippen LogP contribution in [0.4, 0.5) is 0 Å². The lowest BCUT2D eigenvalue weighted by Crippen LogP contribution is -2.10. The average molecular weight is 376 g/mol. The quantitative estimate of drug-likeness (QED) is 0.736. The van der Waals surface area contributed by atoms with Crippen LogP contribution in [0.3, 0.4) is 0 Å². The molecule has 1 aromatic heterocycles. The summed E-state index contributed by atoms with van der Waals surface area (Å²) in [7, 11) is 0. The van der Waals surface area contributed by atoms with E-state index >= 15 is 0 Å². The standard InChI is InChI=1S/C13H15ClIN3/c1-2-3-10(7-18-9-16-8-17-18)12-5-4-11(15)6-13(12)14/h4-6,8-10H,2-3,7H2,1H3. The summed E-state index contributed by atoms with van der Waals surface area (Å²) in [5.41, 5.74) is 1.20. The number of hydrogen-bond acceptors (Lipinski definition) is 2. The van der Waals surface area contributed by atoms with Gasteiger partial charge in [-0.05, 0) is 46.7 Å². The van der Waals surface area contributed by atoms with E-state index in [1.165, 1.54) is 5.56 Å². The Morgan fingerprint density at radius 2 is 2.28 bits per heavy atom. The highest BCUT2D eigenvalue weighted by Gasteiger charge is 2.15. The van der Waals surface area contributed by atoms with Crippen molar-refractivity contribution in [1.29, 1.82) is 0 Å². The van der Waals surface area contributed by atoms with Gasteiger partial charge in [0, 0.05) is 21.1 Å². The van der Waals surface area contributed by atoms with Gasteiger partial charge in [0.05, 0.1) is 0 Å². The van der Waals surface area contributed by atoms with Crippen molar-refractivity contribution in [2.45, 2.75) is 32.2 Å². The summed E-state index contributed by atoms with van der Waals surface area (Å²) in [6.45, 7) is 3.02. The first-order valence-corrected chi connectivity index (χ1v) is 7.43. The number of benzene rings is 1. The average Bonchev–Trinajstić information content (AvgIpc) is 2.81. The normalized spacial score (nSPS) is 12.6. The first kappa shape index (κ1) is 13.8. The number of rotatable bonds is 5. The van der Waals surface area contributed by atoms with Gasteiger partial charge >= 0.3 is 0 Å². The summed E-state index contributed by atoms with van der Waals surface area (Å²) in [5.74, 6) is 0.390. The molecule has 2 aromatic rings. The topological polar surface area (TPSA) is 30.7 Å². The Labute approximate surface area is 126 Å². The zero-order valence-electron chi connectivity index (χ0n) is 10.2. The van der Waals surface area contributed by atoms with E-state index in [1.54, 1.807) is 12.7 Å². The van der Waals surface area contributed by atoms with Gasteiger partial charge in [0.15, 0.2) is 0 Å². The van der Waals surface area contributed by atoms with Crippen molar-refractivity contribution >= 4 is 34.2 Å². The molecule has 1 unspecified atom stereocenters. The third-order valence-electron chi connectivity index (χ3n) is 2.91. The van der Waals surface area contributed by atoms with Gasteiger partial charge < -0.3 is 0 Å². The summed E-state index contributed by atoms with van der Waals surface area (Å²) in [6, 6.07) is 6.24. The summed E-state index contributed by atoms with van der Waals surface area (Å²) in [6.07, 6.45) is 5.55. The maximum absolute atomic E-state index is 6.35. The fraction of sp³-hybridized carbons (Fsp3) is 0.385. The molecule has 0 radical (unpaired) electrons. The van der Waals surface area contributed by atoms with Crippen LogP contribution >= 0.6 is 34.2 Å². The van der Waals surface area contributed by atoms with Crippen LogP contribution in [0.1, 0.15) is 31.2 Å². The smallest absolute Gasteiger partial charge is 0.137 e. The van der Waals surface area contributed by atoms with Crippen molar-refractivity contribution in [2.24, 2.45) is 0 Å². The molecule has 0 bridgehead atoms. The predicted octanol–water partition coefficient (Wildman–Crippen LogP) is 4.12. The summed E-state index contributed by atoms with van der Waals surface area (Å²) in [5, 5.41) is 5.02. The van der Waals surface area contributed by atoms with Crippen LogP contribution in [0.5, 0.6) is 0 Å². The molecule has 5 heteroatoms. The summed E-state index contributed by atoms with van der Waals surface area (Å²) in [4.78, 5) is 3.98. The van der Waals surface area contributed by atoms with Crippen molar-refractivity contribution in [3.63, 3.8) is 0 Å². The molecule has 0 spiro atoms. The van der Waals surface area contributed by atoms with E-state index in [4.69, 9.17) is 11.6 Å². The van der Waals surface area contributed by atoms with E-state index in [0.29, 0.717) is 5.92 Å². The second-order valence-corrected chi connectivity index (χ2v) is 5.92. The fourth-order valence-electron chi connectivity index (χ4n) is 2.08. The first-order chi connectivity index (χ1) is 8.70. The van der Waals surface area contributed by atoms with Gasteiger partial charge in [0.1, 0.15) is 12.7 Å². The zero-order chi connectivity index (χ0) is 13.0. The van der Waals surface area contributed by atoms with E-state index in [-0.39, 0.29) is 0 Å². The molecule has 18 heavy (non-hydrogen) atoms. The van der Waals surface area contributed by atoms with Crippen molar-refractivity contribution in [3.05, 3.63) is 45.0 Å². The maximum atomic E-state index is 6.35. The molecule has 0 aliphatic carbocycles. The van der Waals surface area contributed by atoms with Crippen molar-refractivity contribution in [3.8, 4) is 0 Å². The molecular formula is C13H15ClIN3. The largest absolute Gasteiger partial charge is 0.252 e. The highest BCUT2D eigenvalue weighted by atomic mass is 127. The predicted molar refractivity (Wildman–Crippen MR) is 81.8 cm³/mol. The van der Waals surface area contributed by atoms with Crippen molar-refractivity contribution in [1.82, 2.24) is 14.8 Å². The second-order valence-electron chi connectivity index (χ2n) is 4.27. The molecular weight excluding hydrogens is 361 g/mol. The number of nitrogens with zero attached hydrogens (tertiary/aromatic N) is 3. The molecule has 0 aliphatic heterocycles. The molecule has 1 atom stereocenters. The van der Waals surface area contributed by atoms with Crippen LogP contribution in [0.25, 0.3) is 0 Å². The van der Waals surface area contributed by atoms with Gasteiger partial charge in [-0.2, -0.15) is 5.10 Å². The van der Waals surface area contributed by atoms with Crippen LogP contribution in [-0.2, 0) is 6.54 Å². The third kappa shape index (κ3) is 3.45. The molecule has 0 N–H and O–H groups in total. The van der Waals surface area contributed by atoms with Gasteiger partial charge in [0.25, 0.3) is 0 Å². The Balaban J connectivity index is 2.23. The molecule has 0 aliphatic rings. The van der Waals surface area contributed by atoms with Crippen LogP contribution in [-0.4, -0.2) is 14.8 Å². The molecule has 0 fully saturated rings. The molecule has 96 valence electrons. The lowest BCUT2D eigenvalue weighted by molar-refractivity contribution is 0.484. The van der Waals surface area contributed by atoms with Crippen molar-refractivity contribution < 1.29 is 0 Å². The lowest BCUT2D eigenvalue weighted by Gasteiger charge is -2.18. The second kappa shape index (κ2) is 6.52. The number of hydrogen-bond donors (Lipinski definition) is 0. The Morgan fingerprint density at radius 3 is 2.89 bits per heavy atom. The van der Waals surface area contributed by atoms with Crippen LogP contribution in [0.15, 0.2) is 30.9 Å². The van der Waals surface area contributed by atoms with Crippen LogP contribution in [0, 0.1) is 3.57 Å². The van der Waals surface area contributed by atoms with E-state index < -0.39 is 0 Å². The highest BCUT2D eigenvalue weighted by molar-refractivity contribution is 14.1. The van der Waals surface area contributed by atoms with Gasteiger partial charge in [-0.1, -0.05) is 31.0 Å². The molecule has 0 saturated carbocycles. The van der Waals surface area contributed by atoms with Gasteiger partial charge in [-0.15, -0.1) is 0 Å². The monoisotopic (exact) mass is 375 g/mol. The van der Waals surface area contributed by atoms with Gasteiger partial charge in [0.2, 0.25) is 0 Å². The van der Waals surface area contributed by atoms with E-state index in [0.717, 1.165) is 28.0 Å². The third-order valence-corrected chi connectivity index (χ3v) is 3.91. The summed E-state index contributed by atoms with van der Waals surface area (Å²) >= 11 is 8.63. The van der Waals surface area contributed by atoms with E-state index in [9.17, 15) is 0 Å².